The Balaban J connectivity index is 2.07. The van der Waals surface area contributed by atoms with Crippen LogP contribution in [0.1, 0.15) is 22.3 Å². The molecule has 0 aliphatic heterocycles. The SMILES string of the molecule is Cc1cc(OCC(=O)Nc2cccc(Cl)c2C)c(C)c(C)c1Br. The second-order valence-corrected chi connectivity index (χ2v) is 6.71. The fraction of sp³-hybridized carbons (Fsp3) is 0.278. The highest BCUT2D eigenvalue weighted by Crippen LogP contribution is 2.31. The van der Waals surface area contributed by atoms with Gasteiger partial charge in [-0.2, -0.15) is 0 Å². The molecule has 0 atom stereocenters. The van der Waals surface area contributed by atoms with Crippen molar-refractivity contribution in [2.45, 2.75) is 27.7 Å². The molecule has 0 radical (unpaired) electrons. The largest absolute Gasteiger partial charge is 0.483 e. The van der Waals surface area contributed by atoms with Gasteiger partial charge in [0.15, 0.2) is 6.61 Å². The molecule has 0 aromatic heterocycles. The summed E-state index contributed by atoms with van der Waals surface area (Å²) in [6.07, 6.45) is 0. The number of ether oxygens (including phenoxy) is 1. The lowest BCUT2D eigenvalue weighted by molar-refractivity contribution is -0.118. The zero-order chi connectivity index (χ0) is 17.1. The van der Waals surface area contributed by atoms with E-state index in [2.05, 4.69) is 21.2 Å². The van der Waals surface area contributed by atoms with Crippen molar-refractivity contribution >= 4 is 39.1 Å². The summed E-state index contributed by atoms with van der Waals surface area (Å²) in [5.74, 6) is 0.508. The van der Waals surface area contributed by atoms with Crippen LogP contribution in [0.3, 0.4) is 0 Å². The van der Waals surface area contributed by atoms with Gasteiger partial charge in [-0.1, -0.05) is 33.6 Å². The fourth-order valence-electron chi connectivity index (χ4n) is 2.24. The molecule has 1 N–H and O–H groups in total. The number of carbonyl (C=O) groups excluding carboxylic acids is 1. The van der Waals surface area contributed by atoms with Gasteiger partial charge >= 0.3 is 0 Å². The first-order valence-corrected chi connectivity index (χ1v) is 8.42. The fourth-order valence-corrected chi connectivity index (χ4v) is 2.82. The third-order valence-corrected chi connectivity index (χ3v) is 5.49. The average molecular weight is 397 g/mol. The van der Waals surface area contributed by atoms with Crippen LogP contribution in [0.4, 0.5) is 5.69 Å². The van der Waals surface area contributed by atoms with E-state index in [1.807, 2.05) is 39.8 Å². The Morgan fingerprint density at radius 1 is 1.17 bits per heavy atom. The van der Waals surface area contributed by atoms with Crippen molar-refractivity contribution in [3.05, 3.63) is 56.0 Å². The van der Waals surface area contributed by atoms with E-state index >= 15 is 0 Å². The molecule has 0 aliphatic carbocycles. The standard InChI is InChI=1S/C18H19BrClNO2/c1-10-8-16(11(2)12(3)18(10)19)23-9-17(22)21-15-7-5-6-14(20)13(15)4/h5-8H,9H2,1-4H3,(H,21,22). The van der Waals surface area contributed by atoms with Crippen molar-refractivity contribution in [2.75, 3.05) is 11.9 Å². The second-order valence-electron chi connectivity index (χ2n) is 5.50. The number of hydrogen-bond acceptors (Lipinski definition) is 2. The van der Waals surface area contributed by atoms with Gasteiger partial charge in [-0.3, -0.25) is 4.79 Å². The van der Waals surface area contributed by atoms with E-state index in [1.165, 1.54) is 0 Å². The van der Waals surface area contributed by atoms with Crippen LogP contribution in [0, 0.1) is 27.7 Å². The van der Waals surface area contributed by atoms with Crippen molar-refractivity contribution in [2.24, 2.45) is 0 Å². The van der Waals surface area contributed by atoms with E-state index in [0.29, 0.717) is 10.7 Å². The van der Waals surface area contributed by atoms with Gasteiger partial charge in [0, 0.05) is 15.2 Å². The van der Waals surface area contributed by atoms with Gasteiger partial charge in [0.25, 0.3) is 5.91 Å². The highest BCUT2D eigenvalue weighted by atomic mass is 79.9. The van der Waals surface area contributed by atoms with Crippen LogP contribution in [0.5, 0.6) is 5.75 Å². The van der Waals surface area contributed by atoms with Crippen molar-refractivity contribution < 1.29 is 9.53 Å². The maximum atomic E-state index is 12.1. The lowest BCUT2D eigenvalue weighted by atomic mass is 10.1. The van der Waals surface area contributed by atoms with Crippen molar-refractivity contribution in [1.29, 1.82) is 0 Å². The maximum absolute atomic E-state index is 12.1. The topological polar surface area (TPSA) is 38.3 Å². The monoisotopic (exact) mass is 395 g/mol. The molecule has 0 spiro atoms. The first kappa shape index (κ1) is 17.8. The highest BCUT2D eigenvalue weighted by Gasteiger charge is 2.12. The van der Waals surface area contributed by atoms with Crippen LogP contribution in [0.15, 0.2) is 28.7 Å². The van der Waals surface area contributed by atoms with Gasteiger partial charge < -0.3 is 10.1 Å². The van der Waals surface area contributed by atoms with E-state index < -0.39 is 0 Å². The van der Waals surface area contributed by atoms with E-state index in [4.69, 9.17) is 16.3 Å². The molecular weight excluding hydrogens is 378 g/mol. The lowest BCUT2D eigenvalue weighted by Crippen LogP contribution is -2.21. The number of halogens is 2. The first-order valence-electron chi connectivity index (χ1n) is 7.25. The number of benzene rings is 2. The Morgan fingerprint density at radius 3 is 2.57 bits per heavy atom. The first-order chi connectivity index (χ1) is 10.8. The number of anilines is 1. The van der Waals surface area contributed by atoms with Crippen LogP contribution in [-0.2, 0) is 4.79 Å². The van der Waals surface area contributed by atoms with Gasteiger partial charge in [0.1, 0.15) is 5.75 Å². The van der Waals surface area contributed by atoms with E-state index in [-0.39, 0.29) is 12.5 Å². The van der Waals surface area contributed by atoms with Gasteiger partial charge in [-0.15, -0.1) is 0 Å². The van der Waals surface area contributed by atoms with E-state index in [9.17, 15) is 4.79 Å². The summed E-state index contributed by atoms with van der Waals surface area (Å²) < 4.78 is 6.76. The summed E-state index contributed by atoms with van der Waals surface area (Å²) >= 11 is 9.61. The molecule has 0 heterocycles. The zero-order valence-electron chi connectivity index (χ0n) is 13.6. The molecular formula is C18H19BrClNO2. The van der Waals surface area contributed by atoms with Crippen LogP contribution < -0.4 is 10.1 Å². The molecule has 2 aromatic rings. The number of nitrogens with one attached hydrogen (secondary N) is 1. The summed E-state index contributed by atoms with van der Waals surface area (Å²) in [6, 6.07) is 7.35. The molecule has 3 nitrogen and oxygen atoms in total. The smallest absolute Gasteiger partial charge is 0.262 e. The number of carbonyl (C=O) groups is 1. The molecule has 0 saturated heterocycles. The number of aryl methyl sites for hydroxylation is 1. The Kier molecular flexibility index (Phi) is 5.71. The number of hydrogen-bond donors (Lipinski definition) is 1. The van der Waals surface area contributed by atoms with Crippen LogP contribution in [0.25, 0.3) is 0 Å². The van der Waals surface area contributed by atoms with Crippen molar-refractivity contribution in [1.82, 2.24) is 0 Å². The summed E-state index contributed by atoms with van der Waals surface area (Å²) in [5.41, 5.74) is 4.76. The summed E-state index contributed by atoms with van der Waals surface area (Å²) in [7, 11) is 0. The minimum absolute atomic E-state index is 0.0483. The van der Waals surface area contributed by atoms with Gasteiger partial charge in [-0.25, -0.2) is 0 Å². The third-order valence-electron chi connectivity index (χ3n) is 3.86. The summed E-state index contributed by atoms with van der Waals surface area (Å²) in [5, 5.41) is 3.45. The molecule has 0 fully saturated rings. The summed E-state index contributed by atoms with van der Waals surface area (Å²) in [4.78, 5) is 12.1. The molecule has 23 heavy (non-hydrogen) atoms. The molecule has 2 aromatic carbocycles. The molecule has 1 amide bonds. The quantitative estimate of drug-likeness (QED) is 0.756. The molecule has 122 valence electrons. The highest BCUT2D eigenvalue weighted by molar-refractivity contribution is 9.10. The van der Waals surface area contributed by atoms with Crippen molar-refractivity contribution in [3.8, 4) is 5.75 Å². The molecule has 0 saturated carbocycles. The normalized spacial score (nSPS) is 10.5. The van der Waals surface area contributed by atoms with Crippen LogP contribution in [0.2, 0.25) is 5.02 Å². The predicted octanol–water partition coefficient (Wildman–Crippen LogP) is 5.35. The van der Waals surface area contributed by atoms with Crippen molar-refractivity contribution in [3.63, 3.8) is 0 Å². The summed E-state index contributed by atoms with van der Waals surface area (Å²) in [6.45, 7) is 7.82. The average Bonchev–Trinajstić information content (AvgIpc) is 2.52. The van der Waals surface area contributed by atoms with Gasteiger partial charge in [0.05, 0.1) is 0 Å². The maximum Gasteiger partial charge on any atom is 0.262 e. The molecule has 5 heteroatoms. The number of rotatable bonds is 4. The Labute approximate surface area is 150 Å². The molecule has 0 bridgehead atoms. The number of amides is 1. The minimum Gasteiger partial charge on any atom is -0.483 e. The Bertz CT molecular complexity index is 759. The lowest BCUT2D eigenvalue weighted by Gasteiger charge is -2.15. The third kappa shape index (κ3) is 4.06. The molecule has 0 aliphatic rings. The minimum atomic E-state index is -0.215. The van der Waals surface area contributed by atoms with Crippen LogP contribution in [-0.4, -0.2) is 12.5 Å². The van der Waals surface area contributed by atoms with Crippen LogP contribution >= 0.6 is 27.5 Å². The second kappa shape index (κ2) is 7.37. The van der Waals surface area contributed by atoms with E-state index in [1.54, 1.807) is 12.1 Å². The van der Waals surface area contributed by atoms with E-state index in [0.717, 1.165) is 32.5 Å². The van der Waals surface area contributed by atoms with Gasteiger partial charge in [-0.05, 0) is 68.1 Å². The zero-order valence-corrected chi connectivity index (χ0v) is 15.9. The predicted molar refractivity (Wildman–Crippen MR) is 98.7 cm³/mol. The van der Waals surface area contributed by atoms with Gasteiger partial charge in [0.2, 0.25) is 0 Å². The molecule has 2 rings (SSSR count). The molecule has 0 unspecified atom stereocenters. The Hall–Kier alpha value is -1.52. The Morgan fingerprint density at radius 2 is 1.87 bits per heavy atom.